The number of carbonyl (C=O) groups is 1. The molecule has 1 aliphatic carbocycles. The topological polar surface area (TPSA) is 80.9 Å². The number of rotatable bonds is 4. The van der Waals surface area contributed by atoms with Crippen molar-refractivity contribution in [2.24, 2.45) is 0 Å². The monoisotopic (exact) mass is 482 g/mol. The lowest BCUT2D eigenvalue weighted by Gasteiger charge is -2.40. The van der Waals surface area contributed by atoms with Crippen LogP contribution in [0.1, 0.15) is 52.9 Å². The molecule has 2 atom stereocenters. The van der Waals surface area contributed by atoms with Crippen LogP contribution in [0.15, 0.2) is 28.1 Å². The van der Waals surface area contributed by atoms with Crippen molar-refractivity contribution < 1.29 is 18.7 Å². The standard InChI is InChI=1S/C25H30N4O4S/c1-25(2,3)33-24(30)29-15-7-8-16(29)14-28(13-15)23-27-20-19(31-17-5-4-6-17)10-9-18(21(20)32-23)22-26-11-12-34-22/h9-12,15-17H,4-8,13-14H2,1-3H3. The molecule has 9 heteroatoms. The summed E-state index contributed by atoms with van der Waals surface area (Å²) in [5.74, 6) is 0.769. The van der Waals surface area contributed by atoms with Crippen LogP contribution in [-0.2, 0) is 4.74 Å². The number of piperazine rings is 1. The molecule has 180 valence electrons. The van der Waals surface area contributed by atoms with Gasteiger partial charge in [-0.1, -0.05) is 0 Å². The average Bonchev–Trinajstić information content (AvgIpc) is 3.47. The SMILES string of the molecule is CC(C)(C)OC(=O)N1C2CCC1CN(c1nc3c(OC4CCC4)ccc(-c4nccs4)c3o1)C2. The lowest BCUT2D eigenvalue weighted by atomic mass is 9.96. The van der Waals surface area contributed by atoms with Gasteiger partial charge in [-0.3, -0.25) is 4.90 Å². The lowest BCUT2D eigenvalue weighted by molar-refractivity contribution is 0.0120. The third kappa shape index (κ3) is 3.89. The van der Waals surface area contributed by atoms with Crippen LogP contribution in [0.4, 0.5) is 10.8 Å². The van der Waals surface area contributed by atoms with E-state index in [0.717, 1.165) is 47.5 Å². The molecular formula is C25H30N4O4S. The van der Waals surface area contributed by atoms with Gasteiger partial charge in [0.15, 0.2) is 11.1 Å². The summed E-state index contributed by atoms with van der Waals surface area (Å²) >= 11 is 1.58. The maximum absolute atomic E-state index is 12.8. The molecule has 34 heavy (non-hydrogen) atoms. The minimum Gasteiger partial charge on any atom is -0.488 e. The largest absolute Gasteiger partial charge is 0.488 e. The molecular weight excluding hydrogens is 452 g/mol. The Morgan fingerprint density at radius 2 is 1.91 bits per heavy atom. The van der Waals surface area contributed by atoms with Gasteiger partial charge >= 0.3 is 6.09 Å². The third-order valence-corrected chi connectivity index (χ3v) is 7.67. The summed E-state index contributed by atoms with van der Waals surface area (Å²) in [6, 6.07) is 4.78. The van der Waals surface area contributed by atoms with Crippen molar-refractivity contribution in [2.45, 2.75) is 76.7 Å². The number of aromatic nitrogens is 2. The van der Waals surface area contributed by atoms with E-state index in [1.54, 1.807) is 17.5 Å². The maximum Gasteiger partial charge on any atom is 0.410 e. The van der Waals surface area contributed by atoms with Crippen molar-refractivity contribution in [3.05, 3.63) is 23.7 Å². The van der Waals surface area contributed by atoms with Crippen LogP contribution in [0.25, 0.3) is 21.7 Å². The fourth-order valence-corrected chi connectivity index (χ4v) is 5.73. The molecule has 2 aromatic heterocycles. The number of carbonyl (C=O) groups excluding carboxylic acids is 1. The van der Waals surface area contributed by atoms with Crippen LogP contribution in [0.3, 0.4) is 0 Å². The van der Waals surface area contributed by atoms with Gasteiger partial charge in [-0.15, -0.1) is 11.3 Å². The summed E-state index contributed by atoms with van der Waals surface area (Å²) in [5.41, 5.74) is 1.89. The molecule has 3 fully saturated rings. The van der Waals surface area contributed by atoms with Crippen molar-refractivity contribution in [3.63, 3.8) is 0 Å². The number of oxazole rings is 1. The number of thiazole rings is 1. The Morgan fingerprint density at radius 3 is 2.53 bits per heavy atom. The summed E-state index contributed by atoms with van der Waals surface area (Å²) in [5, 5.41) is 2.86. The van der Waals surface area contributed by atoms with E-state index in [1.165, 1.54) is 6.42 Å². The molecule has 2 saturated heterocycles. The van der Waals surface area contributed by atoms with E-state index in [9.17, 15) is 4.79 Å². The fourth-order valence-electron chi connectivity index (χ4n) is 5.07. The van der Waals surface area contributed by atoms with Gasteiger partial charge in [-0.25, -0.2) is 9.78 Å². The highest BCUT2D eigenvalue weighted by Gasteiger charge is 2.45. The molecule has 1 aromatic carbocycles. The van der Waals surface area contributed by atoms with Gasteiger partial charge in [0.25, 0.3) is 6.01 Å². The van der Waals surface area contributed by atoms with Crippen LogP contribution in [-0.4, -0.2) is 57.8 Å². The summed E-state index contributed by atoms with van der Waals surface area (Å²) in [6.07, 6.45) is 7.12. The summed E-state index contributed by atoms with van der Waals surface area (Å²) in [4.78, 5) is 26.3. The molecule has 2 bridgehead atoms. The number of ether oxygens (including phenoxy) is 2. The predicted octanol–water partition coefficient (Wildman–Crippen LogP) is 5.47. The van der Waals surface area contributed by atoms with Gasteiger partial charge in [-0.2, -0.15) is 4.98 Å². The molecule has 0 N–H and O–H groups in total. The number of fused-ring (bicyclic) bond motifs is 3. The number of hydrogen-bond acceptors (Lipinski definition) is 8. The van der Waals surface area contributed by atoms with E-state index in [-0.39, 0.29) is 24.3 Å². The van der Waals surface area contributed by atoms with Crippen LogP contribution < -0.4 is 9.64 Å². The minimum atomic E-state index is -0.503. The first-order valence-electron chi connectivity index (χ1n) is 12.1. The summed E-state index contributed by atoms with van der Waals surface area (Å²) < 4.78 is 18.3. The van der Waals surface area contributed by atoms with E-state index in [0.29, 0.717) is 24.7 Å². The van der Waals surface area contributed by atoms with Crippen LogP contribution in [0.2, 0.25) is 0 Å². The van der Waals surface area contributed by atoms with Crippen LogP contribution in [0.5, 0.6) is 5.75 Å². The molecule has 2 aliphatic heterocycles. The highest BCUT2D eigenvalue weighted by atomic mass is 32.1. The zero-order chi connectivity index (χ0) is 23.4. The Balaban J connectivity index is 1.31. The Morgan fingerprint density at radius 1 is 1.15 bits per heavy atom. The third-order valence-electron chi connectivity index (χ3n) is 6.86. The second-order valence-electron chi connectivity index (χ2n) is 10.5. The summed E-state index contributed by atoms with van der Waals surface area (Å²) in [7, 11) is 0. The van der Waals surface area contributed by atoms with Gasteiger partial charge in [0.05, 0.1) is 23.8 Å². The van der Waals surface area contributed by atoms with Gasteiger partial charge in [0.2, 0.25) is 0 Å². The molecule has 3 aliphatic rings. The van der Waals surface area contributed by atoms with Crippen molar-refractivity contribution in [1.29, 1.82) is 0 Å². The van der Waals surface area contributed by atoms with E-state index < -0.39 is 5.60 Å². The number of anilines is 1. The van der Waals surface area contributed by atoms with E-state index >= 15 is 0 Å². The van der Waals surface area contributed by atoms with Crippen molar-refractivity contribution >= 4 is 34.5 Å². The smallest absolute Gasteiger partial charge is 0.410 e. The second kappa shape index (κ2) is 8.15. The first-order valence-corrected chi connectivity index (χ1v) is 13.0. The van der Waals surface area contributed by atoms with Crippen molar-refractivity contribution in [1.82, 2.24) is 14.9 Å². The molecule has 8 nitrogen and oxygen atoms in total. The molecule has 1 amide bonds. The normalized spacial score (nSPS) is 22.8. The Kier molecular flexibility index (Phi) is 5.20. The number of hydrogen-bond donors (Lipinski definition) is 0. The van der Waals surface area contributed by atoms with Gasteiger partial charge in [0.1, 0.15) is 16.4 Å². The first kappa shape index (κ1) is 21.7. The van der Waals surface area contributed by atoms with Crippen molar-refractivity contribution in [3.8, 4) is 16.3 Å². The Labute approximate surface area is 202 Å². The molecule has 3 aromatic rings. The quantitative estimate of drug-likeness (QED) is 0.488. The zero-order valence-corrected chi connectivity index (χ0v) is 20.6. The maximum atomic E-state index is 12.8. The molecule has 0 spiro atoms. The molecule has 4 heterocycles. The van der Waals surface area contributed by atoms with Gasteiger partial charge < -0.3 is 18.8 Å². The molecule has 1 saturated carbocycles. The van der Waals surface area contributed by atoms with Gasteiger partial charge in [0, 0.05) is 24.7 Å². The second-order valence-corrected chi connectivity index (χ2v) is 11.4. The van der Waals surface area contributed by atoms with Crippen molar-refractivity contribution in [2.75, 3.05) is 18.0 Å². The highest BCUT2D eigenvalue weighted by molar-refractivity contribution is 7.13. The molecule has 0 radical (unpaired) electrons. The summed E-state index contributed by atoms with van der Waals surface area (Å²) in [6.45, 7) is 7.07. The van der Waals surface area contributed by atoms with E-state index in [1.807, 2.05) is 43.2 Å². The van der Waals surface area contributed by atoms with E-state index in [4.69, 9.17) is 18.9 Å². The minimum absolute atomic E-state index is 0.0905. The lowest BCUT2D eigenvalue weighted by Crippen LogP contribution is -2.56. The Hall–Kier alpha value is -2.81. The fraction of sp³-hybridized carbons (Fsp3) is 0.560. The average molecular weight is 483 g/mol. The number of nitrogens with zero attached hydrogens (tertiary/aromatic N) is 4. The number of amides is 1. The van der Waals surface area contributed by atoms with Gasteiger partial charge in [-0.05, 0) is 65.0 Å². The van der Waals surface area contributed by atoms with E-state index in [2.05, 4.69) is 9.88 Å². The zero-order valence-electron chi connectivity index (χ0n) is 19.8. The highest BCUT2D eigenvalue weighted by Crippen LogP contribution is 2.41. The molecule has 2 unspecified atom stereocenters. The van der Waals surface area contributed by atoms with Crippen LogP contribution in [0, 0.1) is 0 Å². The molecule has 6 rings (SSSR count). The number of benzene rings is 1. The Bertz CT molecular complexity index is 1180. The van der Waals surface area contributed by atoms with Crippen LogP contribution >= 0.6 is 11.3 Å². The predicted molar refractivity (Wildman–Crippen MR) is 130 cm³/mol. The first-order chi connectivity index (χ1) is 16.4.